The van der Waals surface area contributed by atoms with Crippen LogP contribution < -0.4 is 5.73 Å². The van der Waals surface area contributed by atoms with Gasteiger partial charge in [0.25, 0.3) is 0 Å². The molecule has 2 aromatic carbocycles. The highest BCUT2D eigenvalue weighted by Crippen LogP contribution is 2.32. The fraction of sp³-hybridized carbons (Fsp3) is 0.250. The minimum absolute atomic E-state index is 0.0181. The van der Waals surface area contributed by atoms with Gasteiger partial charge in [-0.3, -0.25) is 0 Å². The molecule has 2 unspecified atom stereocenters. The smallest absolute Gasteiger partial charge is 0.142 e. The van der Waals surface area contributed by atoms with Crippen LogP contribution in [0.4, 0.5) is 8.78 Å². The van der Waals surface area contributed by atoms with Crippen molar-refractivity contribution in [2.45, 2.75) is 25.0 Å². The predicted octanol–water partition coefficient (Wildman–Crippen LogP) is 4.11. The molecule has 0 aliphatic heterocycles. The van der Waals surface area contributed by atoms with Gasteiger partial charge in [-0.1, -0.05) is 35.3 Å². The highest BCUT2D eigenvalue weighted by Gasteiger charge is 2.27. The molecule has 0 radical (unpaired) electrons. The molecule has 2 rings (SSSR count). The Morgan fingerprint density at radius 1 is 0.955 bits per heavy atom. The van der Waals surface area contributed by atoms with Gasteiger partial charge in [-0.15, -0.1) is 0 Å². The van der Waals surface area contributed by atoms with Crippen LogP contribution in [-0.4, -0.2) is 17.3 Å². The zero-order valence-electron chi connectivity index (χ0n) is 11.7. The average molecular weight is 346 g/mol. The van der Waals surface area contributed by atoms with E-state index in [9.17, 15) is 13.9 Å². The Hall–Kier alpha value is -1.20. The van der Waals surface area contributed by atoms with E-state index in [0.29, 0.717) is 11.1 Å². The monoisotopic (exact) mass is 345 g/mol. The standard InChI is InChI=1S/C16H15Cl2F2NO/c1-8(22)16(21)15(9-2-4-11(17)13(19)6-9)10-3-5-12(18)14(20)7-10/h2-8,15-16,22H,21H2,1H3. The van der Waals surface area contributed by atoms with Crippen molar-refractivity contribution < 1.29 is 13.9 Å². The van der Waals surface area contributed by atoms with Crippen LogP contribution in [0.25, 0.3) is 0 Å². The molecule has 0 aliphatic rings. The Morgan fingerprint density at radius 2 is 1.36 bits per heavy atom. The lowest BCUT2D eigenvalue weighted by molar-refractivity contribution is 0.156. The molecule has 6 heteroatoms. The van der Waals surface area contributed by atoms with E-state index in [2.05, 4.69) is 0 Å². The summed E-state index contributed by atoms with van der Waals surface area (Å²) in [4.78, 5) is 0. The number of aliphatic hydroxyl groups is 1. The maximum absolute atomic E-state index is 13.7. The van der Waals surface area contributed by atoms with Gasteiger partial charge < -0.3 is 10.8 Å². The lowest BCUT2D eigenvalue weighted by Crippen LogP contribution is -2.39. The van der Waals surface area contributed by atoms with E-state index in [1.165, 1.54) is 31.2 Å². The number of nitrogens with two attached hydrogens (primary N) is 1. The second kappa shape index (κ2) is 6.92. The highest BCUT2D eigenvalue weighted by molar-refractivity contribution is 6.31. The fourth-order valence-corrected chi connectivity index (χ4v) is 2.56. The number of hydrogen-bond donors (Lipinski definition) is 2. The summed E-state index contributed by atoms with van der Waals surface area (Å²) in [5, 5.41) is 9.76. The van der Waals surface area contributed by atoms with Crippen LogP contribution in [-0.2, 0) is 0 Å². The summed E-state index contributed by atoms with van der Waals surface area (Å²) in [7, 11) is 0. The first-order valence-electron chi connectivity index (χ1n) is 6.64. The van der Waals surface area contributed by atoms with Crippen molar-refractivity contribution in [2.75, 3.05) is 0 Å². The molecule has 3 N–H and O–H groups in total. The van der Waals surface area contributed by atoms with Crippen LogP contribution in [0.5, 0.6) is 0 Å². The fourth-order valence-electron chi connectivity index (χ4n) is 2.33. The average Bonchev–Trinajstić information content (AvgIpc) is 2.46. The molecule has 2 atom stereocenters. The van der Waals surface area contributed by atoms with Gasteiger partial charge in [0.2, 0.25) is 0 Å². The predicted molar refractivity (Wildman–Crippen MR) is 84.3 cm³/mol. The SMILES string of the molecule is CC(O)C(N)C(c1ccc(Cl)c(F)c1)c1ccc(Cl)c(F)c1. The Balaban J connectivity index is 2.55. The van der Waals surface area contributed by atoms with Gasteiger partial charge in [-0.25, -0.2) is 8.78 Å². The third kappa shape index (κ3) is 3.58. The first-order chi connectivity index (χ1) is 10.3. The van der Waals surface area contributed by atoms with Gasteiger partial charge in [0.15, 0.2) is 0 Å². The number of benzene rings is 2. The quantitative estimate of drug-likeness (QED) is 0.875. The van der Waals surface area contributed by atoms with Crippen LogP contribution in [0.15, 0.2) is 36.4 Å². The summed E-state index contributed by atoms with van der Waals surface area (Å²) in [6.45, 7) is 1.52. The maximum Gasteiger partial charge on any atom is 0.142 e. The minimum atomic E-state index is -0.873. The van der Waals surface area contributed by atoms with Crippen molar-refractivity contribution in [3.8, 4) is 0 Å². The van der Waals surface area contributed by atoms with Crippen LogP contribution in [0.1, 0.15) is 24.0 Å². The van der Waals surface area contributed by atoms with E-state index in [4.69, 9.17) is 28.9 Å². The Morgan fingerprint density at radius 3 is 1.68 bits per heavy atom. The lowest BCUT2D eigenvalue weighted by Gasteiger charge is -2.27. The third-order valence-corrected chi connectivity index (χ3v) is 4.16. The van der Waals surface area contributed by atoms with Gasteiger partial charge >= 0.3 is 0 Å². The van der Waals surface area contributed by atoms with E-state index in [1.54, 1.807) is 12.1 Å². The summed E-state index contributed by atoms with van der Waals surface area (Å²) < 4.78 is 27.5. The molecule has 118 valence electrons. The lowest BCUT2D eigenvalue weighted by atomic mass is 9.83. The highest BCUT2D eigenvalue weighted by atomic mass is 35.5. The molecule has 2 nitrogen and oxygen atoms in total. The molecule has 0 saturated heterocycles. The van der Waals surface area contributed by atoms with Crippen LogP contribution in [0.3, 0.4) is 0 Å². The molecular formula is C16H15Cl2F2NO. The first kappa shape index (κ1) is 17.2. The van der Waals surface area contributed by atoms with E-state index >= 15 is 0 Å². The molecule has 0 bridgehead atoms. The van der Waals surface area contributed by atoms with Crippen LogP contribution >= 0.6 is 23.2 Å². The van der Waals surface area contributed by atoms with E-state index < -0.39 is 29.7 Å². The van der Waals surface area contributed by atoms with Crippen molar-refractivity contribution in [3.05, 3.63) is 69.2 Å². The van der Waals surface area contributed by atoms with Gasteiger partial charge in [0.1, 0.15) is 11.6 Å². The summed E-state index contributed by atoms with van der Waals surface area (Å²) in [5.41, 5.74) is 7.03. The molecule has 0 aliphatic carbocycles. The Kier molecular flexibility index (Phi) is 5.40. The largest absolute Gasteiger partial charge is 0.392 e. The normalized spacial score (nSPS) is 14.2. The molecule has 0 fully saturated rings. The summed E-state index contributed by atoms with van der Waals surface area (Å²) >= 11 is 11.4. The van der Waals surface area contributed by atoms with Gasteiger partial charge in [-0.05, 0) is 42.3 Å². The second-order valence-electron chi connectivity index (χ2n) is 5.14. The Labute approximate surface area is 137 Å². The summed E-state index contributed by atoms with van der Waals surface area (Å²) in [6, 6.07) is 7.74. The molecule has 0 spiro atoms. The van der Waals surface area contributed by atoms with E-state index in [1.807, 2.05) is 0 Å². The summed E-state index contributed by atoms with van der Waals surface area (Å²) in [5.74, 6) is -1.80. The van der Waals surface area contributed by atoms with Crippen LogP contribution in [0.2, 0.25) is 10.0 Å². The Bertz CT molecular complexity index is 628. The van der Waals surface area contributed by atoms with Gasteiger partial charge in [0, 0.05) is 12.0 Å². The van der Waals surface area contributed by atoms with E-state index in [0.717, 1.165) is 0 Å². The zero-order chi connectivity index (χ0) is 16.4. The number of aliphatic hydroxyl groups excluding tert-OH is 1. The molecule has 0 heterocycles. The number of rotatable bonds is 4. The molecule has 2 aromatic rings. The number of hydrogen-bond acceptors (Lipinski definition) is 2. The van der Waals surface area contributed by atoms with Crippen molar-refractivity contribution >= 4 is 23.2 Å². The minimum Gasteiger partial charge on any atom is -0.392 e. The molecule has 0 amide bonds. The van der Waals surface area contributed by atoms with Crippen molar-refractivity contribution in [3.63, 3.8) is 0 Å². The van der Waals surface area contributed by atoms with E-state index in [-0.39, 0.29) is 10.0 Å². The molecule has 0 aromatic heterocycles. The zero-order valence-corrected chi connectivity index (χ0v) is 13.2. The van der Waals surface area contributed by atoms with Crippen molar-refractivity contribution in [1.82, 2.24) is 0 Å². The molecule has 0 saturated carbocycles. The van der Waals surface area contributed by atoms with Gasteiger partial charge in [-0.2, -0.15) is 0 Å². The first-order valence-corrected chi connectivity index (χ1v) is 7.40. The van der Waals surface area contributed by atoms with Crippen molar-refractivity contribution in [1.29, 1.82) is 0 Å². The molecule has 22 heavy (non-hydrogen) atoms. The summed E-state index contributed by atoms with van der Waals surface area (Å²) in [6.07, 6.45) is -0.873. The third-order valence-electron chi connectivity index (χ3n) is 3.55. The van der Waals surface area contributed by atoms with Crippen molar-refractivity contribution in [2.24, 2.45) is 5.73 Å². The topological polar surface area (TPSA) is 46.2 Å². The number of halogens is 4. The van der Waals surface area contributed by atoms with Crippen LogP contribution in [0, 0.1) is 11.6 Å². The molecular weight excluding hydrogens is 331 g/mol. The maximum atomic E-state index is 13.7. The second-order valence-corrected chi connectivity index (χ2v) is 5.96. The van der Waals surface area contributed by atoms with Gasteiger partial charge in [0.05, 0.1) is 16.1 Å².